The van der Waals surface area contributed by atoms with Crippen LogP contribution in [-0.4, -0.2) is 39.2 Å². The third-order valence-corrected chi connectivity index (χ3v) is 4.48. The van der Waals surface area contributed by atoms with Crippen molar-refractivity contribution in [3.8, 4) is 0 Å². The first-order valence-electron chi connectivity index (χ1n) is 9.19. The summed E-state index contributed by atoms with van der Waals surface area (Å²) in [5.41, 5.74) is 2.79. The minimum absolute atomic E-state index is 0.0445. The van der Waals surface area contributed by atoms with E-state index in [0.29, 0.717) is 16.8 Å². The first-order valence-corrected chi connectivity index (χ1v) is 9.19. The number of methoxy groups -OCH3 is 1. The molecule has 7 nitrogen and oxygen atoms in total. The molecule has 0 saturated carbocycles. The minimum Gasteiger partial charge on any atom is -0.449 e. The SMILES string of the molecule is COCc1c(C(=O)OC(C)C(=O)Nc2ccc(N(C)C)cc2)oc2ccccc12. The number of rotatable bonds is 7. The van der Waals surface area contributed by atoms with E-state index in [4.69, 9.17) is 13.9 Å². The molecule has 1 N–H and O–H groups in total. The number of hydrogen-bond acceptors (Lipinski definition) is 6. The molecule has 0 saturated heterocycles. The van der Waals surface area contributed by atoms with E-state index in [0.717, 1.165) is 11.1 Å². The van der Waals surface area contributed by atoms with Crippen molar-refractivity contribution in [1.29, 1.82) is 0 Å². The molecule has 1 unspecified atom stereocenters. The lowest BCUT2D eigenvalue weighted by Crippen LogP contribution is -2.30. The quantitative estimate of drug-likeness (QED) is 0.612. The zero-order valence-corrected chi connectivity index (χ0v) is 16.9. The number of esters is 1. The van der Waals surface area contributed by atoms with Crippen molar-refractivity contribution in [3.63, 3.8) is 0 Å². The van der Waals surface area contributed by atoms with Gasteiger partial charge in [-0.1, -0.05) is 18.2 Å². The molecule has 0 aliphatic rings. The van der Waals surface area contributed by atoms with Gasteiger partial charge in [-0.3, -0.25) is 4.79 Å². The summed E-state index contributed by atoms with van der Waals surface area (Å²) in [6.45, 7) is 1.71. The maximum Gasteiger partial charge on any atom is 0.375 e. The van der Waals surface area contributed by atoms with E-state index in [1.165, 1.54) is 14.0 Å². The predicted molar refractivity (Wildman–Crippen MR) is 111 cm³/mol. The summed E-state index contributed by atoms with van der Waals surface area (Å²) in [5.74, 6) is -1.10. The predicted octanol–water partition coefficient (Wildman–Crippen LogP) is 3.83. The number of furan rings is 1. The Morgan fingerprint density at radius 1 is 1.10 bits per heavy atom. The fourth-order valence-electron chi connectivity index (χ4n) is 2.91. The summed E-state index contributed by atoms with van der Waals surface area (Å²) >= 11 is 0. The van der Waals surface area contributed by atoms with Crippen molar-refractivity contribution in [2.75, 3.05) is 31.4 Å². The first-order chi connectivity index (χ1) is 13.9. The molecule has 0 spiro atoms. The largest absolute Gasteiger partial charge is 0.449 e. The number of fused-ring (bicyclic) bond motifs is 1. The number of ether oxygens (including phenoxy) is 2. The molecule has 1 aromatic heterocycles. The van der Waals surface area contributed by atoms with Crippen molar-refractivity contribution in [2.45, 2.75) is 19.6 Å². The van der Waals surface area contributed by atoms with Crippen molar-refractivity contribution in [3.05, 3.63) is 59.9 Å². The molecule has 7 heteroatoms. The van der Waals surface area contributed by atoms with E-state index in [1.807, 2.05) is 49.3 Å². The summed E-state index contributed by atoms with van der Waals surface area (Å²) in [5, 5.41) is 3.52. The Bertz CT molecular complexity index is 1010. The molecular weight excluding hydrogens is 372 g/mol. The molecular formula is C22H24N2O5. The minimum atomic E-state index is -1.00. The van der Waals surface area contributed by atoms with E-state index >= 15 is 0 Å². The Morgan fingerprint density at radius 2 is 1.79 bits per heavy atom. The Kier molecular flexibility index (Phi) is 6.19. The van der Waals surface area contributed by atoms with Gasteiger partial charge in [0.25, 0.3) is 5.91 Å². The van der Waals surface area contributed by atoms with Gasteiger partial charge in [0.05, 0.1) is 6.61 Å². The zero-order valence-electron chi connectivity index (χ0n) is 16.9. The molecule has 1 heterocycles. The highest BCUT2D eigenvalue weighted by Gasteiger charge is 2.25. The average molecular weight is 396 g/mol. The highest BCUT2D eigenvalue weighted by molar-refractivity contribution is 5.99. The van der Waals surface area contributed by atoms with Gasteiger partial charge in [-0.05, 0) is 37.3 Å². The van der Waals surface area contributed by atoms with Crippen molar-refractivity contribution in [2.24, 2.45) is 0 Å². The van der Waals surface area contributed by atoms with Gasteiger partial charge in [-0.15, -0.1) is 0 Å². The number of para-hydroxylation sites is 1. The van der Waals surface area contributed by atoms with Gasteiger partial charge in [0.1, 0.15) is 5.58 Å². The number of nitrogens with one attached hydrogen (secondary N) is 1. The van der Waals surface area contributed by atoms with Gasteiger partial charge in [0.15, 0.2) is 6.10 Å². The van der Waals surface area contributed by atoms with E-state index < -0.39 is 18.0 Å². The highest BCUT2D eigenvalue weighted by Crippen LogP contribution is 2.27. The molecule has 3 rings (SSSR count). The van der Waals surface area contributed by atoms with Crippen LogP contribution in [0.5, 0.6) is 0 Å². The van der Waals surface area contributed by atoms with Crippen LogP contribution in [0.15, 0.2) is 52.9 Å². The van der Waals surface area contributed by atoms with Crippen LogP contribution in [0, 0.1) is 0 Å². The molecule has 0 aliphatic heterocycles. The number of carbonyl (C=O) groups excluding carboxylic acids is 2. The lowest BCUT2D eigenvalue weighted by atomic mass is 10.1. The molecule has 0 radical (unpaired) electrons. The van der Waals surface area contributed by atoms with Crippen LogP contribution in [0.4, 0.5) is 11.4 Å². The van der Waals surface area contributed by atoms with Crippen LogP contribution in [0.2, 0.25) is 0 Å². The summed E-state index contributed by atoms with van der Waals surface area (Å²) in [7, 11) is 5.41. The Morgan fingerprint density at radius 3 is 2.45 bits per heavy atom. The summed E-state index contributed by atoms with van der Waals surface area (Å²) in [6, 6.07) is 14.6. The van der Waals surface area contributed by atoms with E-state index in [9.17, 15) is 9.59 Å². The van der Waals surface area contributed by atoms with Crippen LogP contribution in [0.3, 0.4) is 0 Å². The first kappa shape index (κ1) is 20.4. The van der Waals surface area contributed by atoms with Crippen molar-refractivity contribution >= 4 is 34.2 Å². The molecule has 0 fully saturated rings. The molecule has 3 aromatic rings. The van der Waals surface area contributed by atoms with Gasteiger partial charge in [-0.25, -0.2) is 4.79 Å². The second kappa shape index (κ2) is 8.79. The van der Waals surface area contributed by atoms with E-state index in [-0.39, 0.29) is 12.4 Å². The topological polar surface area (TPSA) is 81.0 Å². The molecule has 1 atom stereocenters. The fraction of sp³-hybridized carbons (Fsp3) is 0.273. The molecule has 0 aliphatic carbocycles. The number of amides is 1. The molecule has 1 amide bonds. The number of benzene rings is 2. The number of nitrogens with zero attached hydrogens (tertiary/aromatic N) is 1. The summed E-state index contributed by atoms with van der Waals surface area (Å²) in [4.78, 5) is 27.0. The van der Waals surface area contributed by atoms with E-state index in [2.05, 4.69) is 5.32 Å². The van der Waals surface area contributed by atoms with Crippen LogP contribution >= 0.6 is 0 Å². The van der Waals surface area contributed by atoms with Gasteiger partial charge in [0, 0.05) is 43.5 Å². The number of hydrogen-bond donors (Lipinski definition) is 1. The third kappa shape index (κ3) is 4.57. The van der Waals surface area contributed by atoms with E-state index in [1.54, 1.807) is 18.2 Å². The molecule has 29 heavy (non-hydrogen) atoms. The molecule has 0 bridgehead atoms. The monoisotopic (exact) mass is 396 g/mol. The Labute approximate surface area is 169 Å². The number of anilines is 2. The van der Waals surface area contributed by atoms with Crippen LogP contribution < -0.4 is 10.2 Å². The molecule has 152 valence electrons. The average Bonchev–Trinajstić information content (AvgIpc) is 3.07. The van der Waals surface area contributed by atoms with Gasteiger partial charge < -0.3 is 24.1 Å². The van der Waals surface area contributed by atoms with Crippen LogP contribution in [0.25, 0.3) is 11.0 Å². The Hall–Kier alpha value is -3.32. The smallest absolute Gasteiger partial charge is 0.375 e. The lowest BCUT2D eigenvalue weighted by molar-refractivity contribution is -0.123. The normalized spacial score (nSPS) is 11.9. The highest BCUT2D eigenvalue weighted by atomic mass is 16.6. The molecule has 2 aromatic carbocycles. The summed E-state index contributed by atoms with van der Waals surface area (Å²) < 4.78 is 16.2. The van der Waals surface area contributed by atoms with Gasteiger partial charge >= 0.3 is 5.97 Å². The van der Waals surface area contributed by atoms with Crippen LogP contribution in [0.1, 0.15) is 23.0 Å². The lowest BCUT2D eigenvalue weighted by Gasteiger charge is -2.15. The zero-order chi connectivity index (χ0) is 21.0. The fourth-order valence-corrected chi connectivity index (χ4v) is 2.91. The second-order valence-corrected chi connectivity index (χ2v) is 6.82. The maximum absolute atomic E-state index is 12.6. The summed E-state index contributed by atoms with van der Waals surface area (Å²) in [6.07, 6.45) is -1.00. The maximum atomic E-state index is 12.6. The number of carbonyl (C=O) groups is 2. The van der Waals surface area contributed by atoms with Crippen molar-refractivity contribution in [1.82, 2.24) is 0 Å². The second-order valence-electron chi connectivity index (χ2n) is 6.82. The van der Waals surface area contributed by atoms with Gasteiger partial charge in [0.2, 0.25) is 5.76 Å². The standard InChI is InChI=1S/C22H24N2O5/c1-14(21(25)23-15-9-11-16(12-10-15)24(2)3)28-22(26)20-18(13-27-4)17-7-5-6-8-19(17)29-20/h5-12,14H,13H2,1-4H3,(H,23,25). The third-order valence-electron chi connectivity index (χ3n) is 4.48. The Balaban J connectivity index is 1.70. The van der Waals surface area contributed by atoms with Crippen molar-refractivity contribution < 1.29 is 23.5 Å². The van der Waals surface area contributed by atoms with Crippen LogP contribution in [-0.2, 0) is 20.9 Å². The van der Waals surface area contributed by atoms with Gasteiger partial charge in [-0.2, -0.15) is 0 Å².